The molecule has 9 nitrogen and oxygen atoms in total. The second kappa shape index (κ2) is 10.1. The number of nitrogens with one attached hydrogen (secondary N) is 1. The summed E-state index contributed by atoms with van der Waals surface area (Å²) in [6.07, 6.45) is 0.418. The number of para-hydroxylation sites is 1. The van der Waals surface area contributed by atoms with Crippen molar-refractivity contribution in [3.63, 3.8) is 0 Å². The van der Waals surface area contributed by atoms with E-state index in [0.29, 0.717) is 6.61 Å². The van der Waals surface area contributed by atoms with Crippen LogP contribution < -0.4 is 10.1 Å². The molecule has 0 spiro atoms. The zero-order valence-electron chi connectivity index (χ0n) is 16.3. The third kappa shape index (κ3) is 6.06. The van der Waals surface area contributed by atoms with Gasteiger partial charge in [0.1, 0.15) is 25.0 Å². The van der Waals surface area contributed by atoms with E-state index < -0.39 is 18.2 Å². The lowest BCUT2D eigenvalue weighted by Crippen LogP contribution is -2.37. The Morgan fingerprint density at radius 3 is 2.50 bits per heavy atom. The van der Waals surface area contributed by atoms with Gasteiger partial charge in [0.05, 0.1) is 12.6 Å². The average Bonchev–Trinajstić information content (AvgIpc) is 3.26. The summed E-state index contributed by atoms with van der Waals surface area (Å²) in [5, 5.41) is 15.7. The summed E-state index contributed by atoms with van der Waals surface area (Å²) in [5.41, 5.74) is 1.83. The first kappa shape index (κ1) is 20.8. The number of amides is 1. The number of carboxylic acid groups (broad SMARTS) is 1. The van der Waals surface area contributed by atoms with Crippen molar-refractivity contribution in [1.82, 2.24) is 20.1 Å². The number of rotatable bonds is 9. The molecule has 0 saturated heterocycles. The highest BCUT2D eigenvalue weighted by atomic mass is 16.6. The Morgan fingerprint density at radius 2 is 1.87 bits per heavy atom. The molecule has 156 valence electrons. The lowest BCUT2D eigenvalue weighted by Gasteiger charge is -2.18. The van der Waals surface area contributed by atoms with Crippen LogP contribution in [0.2, 0.25) is 0 Å². The van der Waals surface area contributed by atoms with E-state index in [4.69, 9.17) is 9.47 Å². The summed E-state index contributed by atoms with van der Waals surface area (Å²) < 4.78 is 12.0. The molecule has 3 rings (SSSR count). The third-order valence-electron chi connectivity index (χ3n) is 4.31. The maximum absolute atomic E-state index is 12.1. The van der Waals surface area contributed by atoms with Gasteiger partial charge in [-0.15, -0.1) is 0 Å². The van der Waals surface area contributed by atoms with Crippen LogP contribution in [0.3, 0.4) is 0 Å². The van der Waals surface area contributed by atoms with Crippen molar-refractivity contribution in [1.29, 1.82) is 0 Å². The van der Waals surface area contributed by atoms with Crippen LogP contribution in [0.4, 0.5) is 4.79 Å². The normalized spacial score (nSPS) is 12.6. The van der Waals surface area contributed by atoms with Crippen molar-refractivity contribution < 1.29 is 24.2 Å². The molecule has 1 heterocycles. The summed E-state index contributed by atoms with van der Waals surface area (Å²) in [4.78, 5) is 27.2. The van der Waals surface area contributed by atoms with Gasteiger partial charge in [-0.05, 0) is 30.2 Å². The van der Waals surface area contributed by atoms with Crippen LogP contribution in [0.5, 0.6) is 5.75 Å². The molecule has 2 atom stereocenters. The number of aromatic nitrogens is 3. The number of carbonyl (C=O) groups is 2. The largest absolute Gasteiger partial charge is 0.489 e. The number of alkyl carbamates (subject to hydrolysis) is 1. The van der Waals surface area contributed by atoms with E-state index in [1.165, 1.54) is 17.3 Å². The smallest absolute Gasteiger partial charge is 0.408 e. The van der Waals surface area contributed by atoms with E-state index in [1.54, 1.807) is 6.92 Å². The minimum Gasteiger partial charge on any atom is -0.489 e. The summed E-state index contributed by atoms with van der Waals surface area (Å²) in [5.74, 6) is -0.477. The number of nitrogens with zero attached hydrogens (tertiary/aromatic N) is 3. The predicted octanol–water partition coefficient (Wildman–Crippen LogP) is 2.80. The highest BCUT2D eigenvalue weighted by Gasteiger charge is 2.24. The molecule has 0 aliphatic heterocycles. The van der Waals surface area contributed by atoms with Gasteiger partial charge in [0, 0.05) is 0 Å². The molecule has 1 amide bonds. The Morgan fingerprint density at radius 1 is 1.13 bits per heavy atom. The molecule has 0 unspecified atom stereocenters. The monoisotopic (exact) mass is 410 g/mol. The van der Waals surface area contributed by atoms with Gasteiger partial charge in [0.15, 0.2) is 0 Å². The van der Waals surface area contributed by atoms with E-state index in [-0.39, 0.29) is 12.6 Å². The lowest BCUT2D eigenvalue weighted by molar-refractivity contribution is -0.147. The van der Waals surface area contributed by atoms with Gasteiger partial charge in [-0.25, -0.2) is 19.3 Å². The molecular formula is C21H22N4O5. The van der Waals surface area contributed by atoms with E-state index in [0.717, 1.165) is 16.9 Å². The first-order chi connectivity index (χ1) is 14.5. The first-order valence-corrected chi connectivity index (χ1v) is 9.30. The fourth-order valence-corrected chi connectivity index (χ4v) is 2.67. The number of aliphatic carboxylic acids is 1. The molecule has 9 heteroatoms. The summed E-state index contributed by atoms with van der Waals surface area (Å²) in [6.45, 7) is 2.08. The van der Waals surface area contributed by atoms with Crippen LogP contribution in [0.1, 0.15) is 24.1 Å². The summed E-state index contributed by atoms with van der Waals surface area (Å²) >= 11 is 0. The highest BCUT2D eigenvalue weighted by molar-refractivity contribution is 5.77. The van der Waals surface area contributed by atoms with Gasteiger partial charge in [-0.1, -0.05) is 42.5 Å². The summed E-state index contributed by atoms with van der Waals surface area (Å²) in [6, 6.07) is 16.7. The number of carbonyl (C=O) groups excluding carboxylic acids is 1. The first-order valence-electron chi connectivity index (χ1n) is 9.30. The van der Waals surface area contributed by atoms with Gasteiger partial charge in [0.25, 0.3) is 0 Å². The van der Waals surface area contributed by atoms with Gasteiger partial charge in [0.2, 0.25) is 6.10 Å². The second-order valence-electron chi connectivity index (χ2n) is 6.56. The van der Waals surface area contributed by atoms with Crippen molar-refractivity contribution in [3.05, 3.63) is 78.4 Å². The molecule has 3 aromatic rings. The Labute approximate surface area is 173 Å². The van der Waals surface area contributed by atoms with Crippen molar-refractivity contribution in [3.8, 4) is 5.75 Å². The third-order valence-corrected chi connectivity index (χ3v) is 4.31. The van der Waals surface area contributed by atoms with Crippen LogP contribution in [-0.2, 0) is 22.7 Å². The minimum atomic E-state index is -1.38. The molecular weight excluding hydrogens is 388 g/mol. The highest BCUT2D eigenvalue weighted by Crippen LogP contribution is 2.16. The number of hydrogen-bond donors (Lipinski definition) is 2. The number of carboxylic acids is 1. The standard InChI is InChI=1S/C21H22N4O5/c1-15(24-21(28)30-19(20(26)27)11-25-14-22-13-23-25)17-9-7-16(8-10-17)12-29-18-5-3-2-4-6-18/h2-10,13-15,19H,11-12H2,1H3,(H,24,28)(H,26,27)/t15-,19+/m0/s1. The van der Waals surface area contributed by atoms with Crippen molar-refractivity contribution in [2.45, 2.75) is 32.2 Å². The number of benzene rings is 2. The van der Waals surface area contributed by atoms with Gasteiger partial charge < -0.3 is 19.9 Å². The Balaban J connectivity index is 1.51. The van der Waals surface area contributed by atoms with Crippen LogP contribution in [0, 0.1) is 0 Å². The maximum atomic E-state index is 12.1. The average molecular weight is 410 g/mol. The van der Waals surface area contributed by atoms with E-state index in [2.05, 4.69) is 15.4 Å². The Kier molecular flexibility index (Phi) is 6.99. The van der Waals surface area contributed by atoms with Crippen molar-refractivity contribution in [2.75, 3.05) is 0 Å². The quantitative estimate of drug-likeness (QED) is 0.557. The van der Waals surface area contributed by atoms with Crippen LogP contribution in [0.25, 0.3) is 0 Å². The molecule has 2 N–H and O–H groups in total. The van der Waals surface area contributed by atoms with E-state index in [9.17, 15) is 14.7 Å². The molecule has 1 aromatic heterocycles. The molecule has 0 aliphatic carbocycles. The van der Waals surface area contributed by atoms with Crippen molar-refractivity contribution in [2.24, 2.45) is 0 Å². The fourth-order valence-electron chi connectivity index (χ4n) is 2.67. The van der Waals surface area contributed by atoms with Crippen LogP contribution in [0.15, 0.2) is 67.3 Å². The molecule has 30 heavy (non-hydrogen) atoms. The number of ether oxygens (including phenoxy) is 2. The van der Waals surface area contributed by atoms with Crippen LogP contribution in [-0.4, -0.2) is 38.0 Å². The fraction of sp³-hybridized carbons (Fsp3) is 0.238. The lowest BCUT2D eigenvalue weighted by atomic mass is 10.1. The Hall–Kier alpha value is -3.88. The number of hydrogen-bond acceptors (Lipinski definition) is 6. The SMILES string of the molecule is C[C@H](NC(=O)O[C@H](Cn1cncn1)C(=O)O)c1ccc(COc2ccccc2)cc1. The van der Waals surface area contributed by atoms with Crippen LogP contribution >= 0.6 is 0 Å². The van der Waals surface area contributed by atoms with Gasteiger partial charge in [-0.2, -0.15) is 5.10 Å². The predicted molar refractivity (Wildman–Crippen MR) is 107 cm³/mol. The minimum absolute atomic E-state index is 0.132. The van der Waals surface area contributed by atoms with E-state index in [1.807, 2.05) is 54.6 Å². The maximum Gasteiger partial charge on any atom is 0.408 e. The summed E-state index contributed by atoms with van der Waals surface area (Å²) in [7, 11) is 0. The van der Waals surface area contributed by atoms with Gasteiger partial charge >= 0.3 is 12.1 Å². The molecule has 2 aromatic carbocycles. The zero-order chi connectivity index (χ0) is 21.3. The van der Waals surface area contributed by atoms with E-state index >= 15 is 0 Å². The zero-order valence-corrected chi connectivity index (χ0v) is 16.3. The molecule has 0 saturated carbocycles. The van der Waals surface area contributed by atoms with Crippen molar-refractivity contribution >= 4 is 12.1 Å². The molecule has 0 aliphatic rings. The topological polar surface area (TPSA) is 116 Å². The second-order valence-corrected chi connectivity index (χ2v) is 6.56. The molecule has 0 fully saturated rings. The molecule has 0 bridgehead atoms. The molecule has 0 radical (unpaired) electrons. The van der Waals surface area contributed by atoms with Gasteiger partial charge in [-0.3, -0.25) is 0 Å². The Bertz CT molecular complexity index is 945.